The summed E-state index contributed by atoms with van der Waals surface area (Å²) in [5, 5.41) is 0.245. The molecule has 1 unspecified atom stereocenters. The maximum atomic E-state index is 11.9. The molecule has 0 fully saturated rings. The number of methoxy groups -OCH3 is 2. The minimum Gasteiger partial charge on any atom is -0.468 e. The van der Waals surface area contributed by atoms with Crippen LogP contribution >= 0.6 is 11.6 Å². The molecule has 6 heteroatoms. The molecule has 0 radical (unpaired) electrons. The van der Waals surface area contributed by atoms with Crippen molar-refractivity contribution in [2.24, 2.45) is 0 Å². The summed E-state index contributed by atoms with van der Waals surface area (Å²) in [6.07, 6.45) is 3.38. The molecule has 94 valence electrons. The molecule has 0 bridgehead atoms. The molecule has 0 aliphatic carbocycles. The largest absolute Gasteiger partial charge is 0.468 e. The van der Waals surface area contributed by atoms with Crippen LogP contribution in [-0.4, -0.2) is 36.8 Å². The number of hydrogen-bond donors (Lipinski definition) is 0. The zero-order chi connectivity index (χ0) is 12.9. The van der Waals surface area contributed by atoms with Gasteiger partial charge < -0.3 is 9.47 Å². The van der Waals surface area contributed by atoms with Crippen molar-refractivity contribution < 1.29 is 14.3 Å². The third kappa shape index (κ3) is 3.14. The van der Waals surface area contributed by atoms with Gasteiger partial charge in [-0.15, -0.1) is 0 Å². The third-order valence-corrected chi connectivity index (χ3v) is 2.79. The summed E-state index contributed by atoms with van der Waals surface area (Å²) >= 11 is 5.78. The molecule has 17 heavy (non-hydrogen) atoms. The molecule has 0 spiro atoms. The van der Waals surface area contributed by atoms with Gasteiger partial charge in [0.15, 0.2) is 0 Å². The van der Waals surface area contributed by atoms with Gasteiger partial charge >= 0.3 is 5.97 Å². The molecule has 5 nitrogen and oxygen atoms in total. The summed E-state index contributed by atoms with van der Waals surface area (Å²) in [4.78, 5) is 19.9. The minimum absolute atomic E-state index is 0.245. The highest BCUT2D eigenvalue weighted by Crippen LogP contribution is 2.28. The maximum absolute atomic E-state index is 11.9. The summed E-state index contributed by atoms with van der Waals surface area (Å²) in [5.41, 5.74) is -0.420. The average molecular weight is 259 g/mol. The molecule has 0 saturated carbocycles. The second-order valence-electron chi connectivity index (χ2n) is 3.79. The van der Waals surface area contributed by atoms with Gasteiger partial charge in [-0.05, 0) is 13.3 Å². The SMILES string of the molecule is COCCC(C)(C(=O)OC)c1cncc(Cl)n1. The summed E-state index contributed by atoms with van der Waals surface area (Å²) in [7, 11) is 2.91. The Morgan fingerprint density at radius 1 is 1.47 bits per heavy atom. The molecule has 1 heterocycles. The first-order valence-electron chi connectivity index (χ1n) is 5.10. The van der Waals surface area contributed by atoms with Crippen molar-refractivity contribution in [3.63, 3.8) is 0 Å². The van der Waals surface area contributed by atoms with Crippen molar-refractivity contribution in [1.29, 1.82) is 0 Å². The van der Waals surface area contributed by atoms with Gasteiger partial charge in [0.2, 0.25) is 0 Å². The zero-order valence-corrected chi connectivity index (χ0v) is 10.8. The quantitative estimate of drug-likeness (QED) is 0.751. The smallest absolute Gasteiger partial charge is 0.317 e. The van der Waals surface area contributed by atoms with Crippen molar-refractivity contribution in [1.82, 2.24) is 9.97 Å². The van der Waals surface area contributed by atoms with E-state index in [0.29, 0.717) is 18.7 Å². The monoisotopic (exact) mass is 258 g/mol. The van der Waals surface area contributed by atoms with Crippen molar-refractivity contribution in [2.75, 3.05) is 20.8 Å². The van der Waals surface area contributed by atoms with Crippen LogP contribution in [0.25, 0.3) is 0 Å². The topological polar surface area (TPSA) is 61.3 Å². The Bertz CT molecular complexity index is 400. The number of hydrogen-bond acceptors (Lipinski definition) is 5. The maximum Gasteiger partial charge on any atom is 0.317 e. The number of aromatic nitrogens is 2. The summed E-state index contributed by atoms with van der Waals surface area (Å²) in [5.74, 6) is -0.383. The van der Waals surface area contributed by atoms with E-state index in [1.165, 1.54) is 19.5 Å². The number of ether oxygens (including phenoxy) is 2. The lowest BCUT2D eigenvalue weighted by atomic mass is 9.84. The third-order valence-electron chi connectivity index (χ3n) is 2.61. The van der Waals surface area contributed by atoms with Gasteiger partial charge in [-0.25, -0.2) is 4.98 Å². The second-order valence-corrected chi connectivity index (χ2v) is 4.18. The van der Waals surface area contributed by atoms with Gasteiger partial charge in [0.1, 0.15) is 10.6 Å². The van der Waals surface area contributed by atoms with E-state index in [9.17, 15) is 4.79 Å². The van der Waals surface area contributed by atoms with Crippen molar-refractivity contribution in [2.45, 2.75) is 18.8 Å². The van der Waals surface area contributed by atoms with Crippen LogP contribution < -0.4 is 0 Å². The lowest BCUT2D eigenvalue weighted by molar-refractivity contribution is -0.147. The summed E-state index contributed by atoms with van der Waals surface area (Å²) < 4.78 is 9.80. The van der Waals surface area contributed by atoms with Crippen molar-refractivity contribution in [3.8, 4) is 0 Å². The number of esters is 1. The Morgan fingerprint density at radius 2 is 2.18 bits per heavy atom. The van der Waals surface area contributed by atoms with Crippen LogP contribution in [-0.2, 0) is 19.7 Å². The predicted octanol–water partition coefficient (Wildman–Crippen LogP) is 1.60. The minimum atomic E-state index is -0.900. The van der Waals surface area contributed by atoms with Crippen LogP contribution in [0, 0.1) is 0 Å². The molecule has 1 aromatic heterocycles. The first-order chi connectivity index (χ1) is 8.04. The number of carbonyl (C=O) groups excluding carboxylic acids is 1. The molecule has 0 aliphatic heterocycles. The molecule has 1 rings (SSSR count). The lowest BCUT2D eigenvalue weighted by Gasteiger charge is -2.25. The highest BCUT2D eigenvalue weighted by Gasteiger charge is 2.38. The van der Waals surface area contributed by atoms with E-state index in [4.69, 9.17) is 21.1 Å². The standard InChI is InChI=1S/C11H15ClN2O3/c1-11(4-5-16-2,10(15)17-3)8-6-13-7-9(12)14-8/h6-7H,4-5H2,1-3H3. The second kappa shape index (κ2) is 5.93. The Morgan fingerprint density at radius 3 is 2.71 bits per heavy atom. The molecule has 1 aromatic rings. The summed E-state index contributed by atoms with van der Waals surface area (Å²) in [6, 6.07) is 0. The molecule has 0 amide bonds. The predicted molar refractivity (Wildman–Crippen MR) is 62.9 cm³/mol. The van der Waals surface area contributed by atoms with Gasteiger partial charge in [0.05, 0.1) is 19.0 Å². The van der Waals surface area contributed by atoms with Gasteiger partial charge in [-0.3, -0.25) is 9.78 Å². The van der Waals surface area contributed by atoms with Gasteiger partial charge in [-0.2, -0.15) is 0 Å². The highest BCUT2D eigenvalue weighted by molar-refractivity contribution is 6.29. The van der Waals surface area contributed by atoms with Crippen molar-refractivity contribution >= 4 is 17.6 Å². The fourth-order valence-corrected chi connectivity index (χ4v) is 1.62. The van der Waals surface area contributed by atoms with Crippen LogP contribution in [0.3, 0.4) is 0 Å². The van der Waals surface area contributed by atoms with E-state index in [-0.39, 0.29) is 11.1 Å². The van der Waals surface area contributed by atoms with Gasteiger partial charge in [-0.1, -0.05) is 11.6 Å². The summed E-state index contributed by atoms with van der Waals surface area (Å²) in [6.45, 7) is 2.15. The Balaban J connectivity index is 3.09. The normalized spacial score (nSPS) is 14.1. The fraction of sp³-hybridized carbons (Fsp3) is 0.545. The van der Waals surface area contributed by atoms with Crippen LogP contribution in [0.1, 0.15) is 19.0 Å². The van der Waals surface area contributed by atoms with Crippen LogP contribution in [0.15, 0.2) is 12.4 Å². The molecular weight excluding hydrogens is 244 g/mol. The van der Waals surface area contributed by atoms with Crippen LogP contribution in [0.4, 0.5) is 0 Å². The number of halogens is 1. The number of nitrogens with zero attached hydrogens (tertiary/aromatic N) is 2. The molecule has 0 aliphatic rings. The van der Waals surface area contributed by atoms with Crippen LogP contribution in [0.2, 0.25) is 5.15 Å². The highest BCUT2D eigenvalue weighted by atomic mass is 35.5. The van der Waals surface area contributed by atoms with E-state index in [1.54, 1.807) is 14.0 Å². The van der Waals surface area contributed by atoms with E-state index >= 15 is 0 Å². The van der Waals surface area contributed by atoms with E-state index in [0.717, 1.165) is 0 Å². The van der Waals surface area contributed by atoms with Crippen molar-refractivity contribution in [3.05, 3.63) is 23.2 Å². The molecule has 0 aromatic carbocycles. The average Bonchev–Trinajstić information content (AvgIpc) is 2.34. The van der Waals surface area contributed by atoms with E-state index in [1.807, 2.05) is 0 Å². The fourth-order valence-electron chi connectivity index (χ4n) is 1.47. The Labute approximate surface area is 105 Å². The van der Waals surface area contributed by atoms with E-state index < -0.39 is 5.41 Å². The Kier molecular flexibility index (Phi) is 4.84. The molecule has 0 saturated heterocycles. The molecular formula is C11H15ClN2O3. The molecule has 0 N–H and O–H groups in total. The first kappa shape index (κ1) is 13.9. The van der Waals surface area contributed by atoms with Gasteiger partial charge in [0.25, 0.3) is 0 Å². The Hall–Kier alpha value is -1.20. The first-order valence-corrected chi connectivity index (χ1v) is 5.47. The van der Waals surface area contributed by atoms with Gasteiger partial charge in [0, 0.05) is 19.9 Å². The number of carbonyl (C=O) groups is 1. The van der Waals surface area contributed by atoms with Crippen LogP contribution in [0.5, 0.6) is 0 Å². The lowest BCUT2D eigenvalue weighted by Crippen LogP contribution is -2.36. The number of rotatable bonds is 5. The van der Waals surface area contributed by atoms with E-state index in [2.05, 4.69) is 9.97 Å². The molecule has 1 atom stereocenters. The zero-order valence-electron chi connectivity index (χ0n) is 10.1.